The van der Waals surface area contributed by atoms with Gasteiger partial charge in [0.15, 0.2) is 0 Å². The van der Waals surface area contributed by atoms with Crippen LogP contribution in [0.15, 0.2) is 36.7 Å². The van der Waals surface area contributed by atoms with Gasteiger partial charge in [-0.3, -0.25) is 0 Å². The van der Waals surface area contributed by atoms with Gasteiger partial charge in [0, 0.05) is 6.04 Å². The summed E-state index contributed by atoms with van der Waals surface area (Å²) < 4.78 is 1.82. The van der Waals surface area contributed by atoms with Crippen LogP contribution in [0, 0.1) is 0 Å². The zero-order chi connectivity index (χ0) is 13.6. The van der Waals surface area contributed by atoms with Gasteiger partial charge >= 0.3 is 0 Å². The van der Waals surface area contributed by atoms with Gasteiger partial charge in [-0.05, 0) is 25.0 Å². The first-order valence-corrected chi connectivity index (χ1v) is 7.66. The Hall–Kier alpha value is -1.84. The second-order valence-electron chi connectivity index (χ2n) is 5.55. The average molecular weight is 270 g/mol. The average Bonchev–Trinajstić information content (AvgIpc) is 2.96. The first-order valence-electron chi connectivity index (χ1n) is 7.66. The van der Waals surface area contributed by atoms with E-state index in [0.29, 0.717) is 6.04 Å². The van der Waals surface area contributed by atoms with Crippen LogP contribution in [0.2, 0.25) is 0 Å². The number of hydrogen-bond donors (Lipinski definition) is 1. The maximum atomic E-state index is 4.10. The number of aromatic nitrogens is 3. The maximum Gasteiger partial charge on any atom is 0.0894 e. The molecule has 1 heterocycles. The van der Waals surface area contributed by atoms with Crippen molar-refractivity contribution in [2.75, 3.05) is 5.32 Å². The van der Waals surface area contributed by atoms with Crippen LogP contribution in [0.4, 0.5) is 5.69 Å². The maximum absolute atomic E-state index is 4.10. The molecular weight excluding hydrogens is 248 g/mol. The van der Waals surface area contributed by atoms with Crippen molar-refractivity contribution in [3.8, 4) is 5.69 Å². The van der Waals surface area contributed by atoms with Crippen molar-refractivity contribution in [2.45, 2.75) is 51.0 Å². The number of hydrogen-bond acceptors (Lipinski definition) is 3. The molecule has 0 radical (unpaired) electrons. The van der Waals surface area contributed by atoms with Crippen LogP contribution in [0.25, 0.3) is 5.69 Å². The molecule has 20 heavy (non-hydrogen) atoms. The van der Waals surface area contributed by atoms with Gasteiger partial charge in [0.05, 0.1) is 23.8 Å². The summed E-state index contributed by atoms with van der Waals surface area (Å²) in [5.74, 6) is 0. The standard InChI is InChI=1S/C16H22N4/c1-2-4-8-14(9-5-3-1)18-15-10-6-7-11-16(15)20-13-12-17-19-20/h6-7,10-14,18H,1-5,8-9H2. The summed E-state index contributed by atoms with van der Waals surface area (Å²) in [4.78, 5) is 0. The summed E-state index contributed by atoms with van der Waals surface area (Å²) in [5.41, 5.74) is 2.23. The number of para-hydroxylation sites is 2. The van der Waals surface area contributed by atoms with Crippen molar-refractivity contribution in [3.05, 3.63) is 36.7 Å². The molecule has 4 nitrogen and oxygen atoms in total. The zero-order valence-electron chi connectivity index (χ0n) is 11.8. The Balaban J connectivity index is 1.76. The van der Waals surface area contributed by atoms with Gasteiger partial charge < -0.3 is 5.32 Å². The van der Waals surface area contributed by atoms with E-state index >= 15 is 0 Å². The quantitative estimate of drug-likeness (QED) is 0.922. The summed E-state index contributed by atoms with van der Waals surface area (Å²) in [6, 6.07) is 8.92. The summed E-state index contributed by atoms with van der Waals surface area (Å²) >= 11 is 0. The van der Waals surface area contributed by atoms with Crippen molar-refractivity contribution >= 4 is 5.69 Å². The molecule has 2 aromatic rings. The third kappa shape index (κ3) is 3.18. The van der Waals surface area contributed by atoms with Crippen LogP contribution < -0.4 is 5.32 Å². The molecule has 1 aromatic heterocycles. The van der Waals surface area contributed by atoms with Gasteiger partial charge in [-0.1, -0.05) is 49.5 Å². The minimum absolute atomic E-state index is 0.583. The second kappa shape index (κ2) is 6.55. The molecule has 1 fully saturated rings. The molecule has 1 aliphatic rings. The van der Waals surface area contributed by atoms with Crippen LogP contribution in [0.3, 0.4) is 0 Å². The Kier molecular flexibility index (Phi) is 4.31. The van der Waals surface area contributed by atoms with Crippen molar-refractivity contribution in [2.24, 2.45) is 0 Å². The fourth-order valence-electron chi connectivity index (χ4n) is 2.95. The highest BCUT2D eigenvalue weighted by Crippen LogP contribution is 2.24. The van der Waals surface area contributed by atoms with Gasteiger partial charge in [-0.25, -0.2) is 4.68 Å². The first-order chi connectivity index (χ1) is 9.93. The highest BCUT2D eigenvalue weighted by atomic mass is 15.4. The molecule has 0 aliphatic heterocycles. The van der Waals surface area contributed by atoms with Crippen molar-refractivity contribution in [1.82, 2.24) is 15.0 Å². The minimum Gasteiger partial charge on any atom is -0.381 e. The van der Waals surface area contributed by atoms with Crippen LogP contribution in [0.5, 0.6) is 0 Å². The van der Waals surface area contributed by atoms with Crippen molar-refractivity contribution in [1.29, 1.82) is 0 Å². The van der Waals surface area contributed by atoms with E-state index in [0.717, 1.165) is 11.4 Å². The summed E-state index contributed by atoms with van der Waals surface area (Å²) in [6.45, 7) is 0. The van der Waals surface area contributed by atoms with E-state index in [-0.39, 0.29) is 0 Å². The van der Waals surface area contributed by atoms with E-state index < -0.39 is 0 Å². The highest BCUT2D eigenvalue weighted by Gasteiger charge is 2.13. The third-order valence-electron chi connectivity index (χ3n) is 4.04. The predicted octanol–water partition coefficient (Wildman–Crippen LogP) is 3.79. The summed E-state index contributed by atoms with van der Waals surface area (Å²) in [7, 11) is 0. The van der Waals surface area contributed by atoms with Crippen molar-refractivity contribution < 1.29 is 0 Å². The molecule has 0 unspecified atom stereocenters. The van der Waals surface area contributed by atoms with Gasteiger partial charge in [-0.15, -0.1) is 5.10 Å². The van der Waals surface area contributed by atoms with E-state index in [1.54, 1.807) is 6.20 Å². The zero-order valence-corrected chi connectivity index (χ0v) is 11.8. The third-order valence-corrected chi connectivity index (χ3v) is 4.04. The van der Waals surface area contributed by atoms with Crippen molar-refractivity contribution in [3.63, 3.8) is 0 Å². The minimum atomic E-state index is 0.583. The lowest BCUT2D eigenvalue weighted by Crippen LogP contribution is -2.21. The first kappa shape index (κ1) is 13.2. The van der Waals surface area contributed by atoms with E-state index in [1.165, 1.54) is 44.9 Å². The number of benzene rings is 1. The Labute approximate surface area is 120 Å². The normalized spacial score (nSPS) is 17.4. The van der Waals surface area contributed by atoms with Gasteiger partial charge in [0.25, 0.3) is 0 Å². The number of anilines is 1. The van der Waals surface area contributed by atoms with E-state index in [1.807, 2.05) is 16.9 Å². The lowest BCUT2D eigenvalue weighted by Gasteiger charge is -2.23. The van der Waals surface area contributed by atoms with Gasteiger partial charge in [0.2, 0.25) is 0 Å². The topological polar surface area (TPSA) is 42.7 Å². The van der Waals surface area contributed by atoms with Crippen LogP contribution in [0.1, 0.15) is 44.9 Å². The predicted molar refractivity (Wildman–Crippen MR) is 81.1 cm³/mol. The largest absolute Gasteiger partial charge is 0.381 e. The number of nitrogens with zero attached hydrogens (tertiary/aromatic N) is 3. The molecule has 3 rings (SSSR count). The van der Waals surface area contributed by atoms with Gasteiger partial charge in [0.1, 0.15) is 0 Å². The van der Waals surface area contributed by atoms with E-state index in [4.69, 9.17) is 0 Å². The molecule has 0 spiro atoms. The Morgan fingerprint density at radius 2 is 1.75 bits per heavy atom. The van der Waals surface area contributed by atoms with E-state index in [2.05, 4.69) is 33.8 Å². The molecule has 1 aliphatic carbocycles. The fourth-order valence-corrected chi connectivity index (χ4v) is 2.95. The van der Waals surface area contributed by atoms with Crippen LogP contribution in [-0.4, -0.2) is 21.0 Å². The number of rotatable bonds is 3. The highest BCUT2D eigenvalue weighted by molar-refractivity contribution is 5.60. The molecule has 1 aromatic carbocycles. The summed E-state index contributed by atoms with van der Waals surface area (Å²) in [5, 5.41) is 11.7. The molecule has 0 atom stereocenters. The lowest BCUT2D eigenvalue weighted by atomic mass is 9.96. The molecule has 0 bridgehead atoms. The smallest absolute Gasteiger partial charge is 0.0894 e. The van der Waals surface area contributed by atoms with Gasteiger partial charge in [-0.2, -0.15) is 0 Å². The fraction of sp³-hybridized carbons (Fsp3) is 0.500. The molecule has 4 heteroatoms. The molecule has 106 valence electrons. The Morgan fingerprint density at radius 1 is 1.00 bits per heavy atom. The van der Waals surface area contributed by atoms with Crippen LogP contribution in [-0.2, 0) is 0 Å². The lowest BCUT2D eigenvalue weighted by molar-refractivity contribution is 0.471. The Bertz CT molecular complexity index is 513. The molecule has 0 amide bonds. The molecule has 1 saturated carbocycles. The molecular formula is C16H22N4. The molecule has 0 saturated heterocycles. The number of nitrogens with one attached hydrogen (secondary N) is 1. The van der Waals surface area contributed by atoms with E-state index in [9.17, 15) is 0 Å². The second-order valence-corrected chi connectivity index (χ2v) is 5.55. The van der Waals surface area contributed by atoms with Crippen LogP contribution >= 0.6 is 0 Å². The SMILES string of the molecule is c1ccc(-n2ccnn2)c(NC2CCCCCCC2)c1. The molecule has 1 N–H and O–H groups in total. The Morgan fingerprint density at radius 3 is 2.50 bits per heavy atom. The monoisotopic (exact) mass is 270 g/mol. The summed E-state index contributed by atoms with van der Waals surface area (Å²) in [6.07, 6.45) is 13.0.